The smallest absolute Gasteiger partial charge is 0.338 e. The van der Waals surface area contributed by atoms with Gasteiger partial charge in [0.1, 0.15) is 0 Å². The molecule has 106 valence electrons. The third kappa shape index (κ3) is 2.27. The number of hydrogen-bond acceptors (Lipinski definition) is 4. The number of carbonyl (C=O) groups excluding carboxylic acids is 1. The molecule has 1 aromatic carbocycles. The average Bonchev–Trinajstić information content (AvgIpc) is 2.79. The maximum atomic E-state index is 11.8. The van der Waals surface area contributed by atoms with Crippen molar-refractivity contribution in [2.24, 2.45) is 0 Å². The van der Waals surface area contributed by atoms with Crippen molar-refractivity contribution < 1.29 is 14.3 Å². The number of benzene rings is 1. The standard InChI is InChI=1S/C15H18N2O3/c1-8-6-9(2)12(15(18)20-5)7-11(8)13-10(3)14(19-4)17-16-13/h6-7H,1-5H3,(H,16,17). The zero-order valence-corrected chi connectivity index (χ0v) is 12.3. The fourth-order valence-electron chi connectivity index (χ4n) is 2.28. The molecule has 2 rings (SSSR count). The molecule has 0 atom stereocenters. The summed E-state index contributed by atoms with van der Waals surface area (Å²) in [4.78, 5) is 11.8. The summed E-state index contributed by atoms with van der Waals surface area (Å²) in [5, 5.41) is 7.11. The van der Waals surface area contributed by atoms with Gasteiger partial charge in [0, 0.05) is 11.1 Å². The highest BCUT2D eigenvalue weighted by Crippen LogP contribution is 2.31. The van der Waals surface area contributed by atoms with Gasteiger partial charge in [-0.3, -0.25) is 0 Å². The van der Waals surface area contributed by atoms with Crippen LogP contribution < -0.4 is 4.74 Å². The number of aryl methyl sites for hydroxylation is 2. The zero-order valence-electron chi connectivity index (χ0n) is 12.3. The van der Waals surface area contributed by atoms with Crippen molar-refractivity contribution in [1.82, 2.24) is 10.2 Å². The molecule has 1 aromatic heterocycles. The van der Waals surface area contributed by atoms with E-state index in [-0.39, 0.29) is 5.97 Å². The lowest BCUT2D eigenvalue weighted by Crippen LogP contribution is -2.05. The molecule has 2 aromatic rings. The molecule has 20 heavy (non-hydrogen) atoms. The van der Waals surface area contributed by atoms with E-state index in [0.29, 0.717) is 11.4 Å². The van der Waals surface area contributed by atoms with Gasteiger partial charge in [-0.2, -0.15) is 5.10 Å². The molecule has 0 radical (unpaired) electrons. The van der Waals surface area contributed by atoms with Gasteiger partial charge in [0.15, 0.2) is 0 Å². The molecule has 0 amide bonds. The van der Waals surface area contributed by atoms with Crippen LogP contribution in [0.25, 0.3) is 11.3 Å². The Bertz CT molecular complexity index is 659. The number of nitrogens with one attached hydrogen (secondary N) is 1. The van der Waals surface area contributed by atoms with E-state index < -0.39 is 0 Å². The van der Waals surface area contributed by atoms with Gasteiger partial charge in [-0.05, 0) is 38.0 Å². The second kappa shape index (κ2) is 5.36. The number of aromatic nitrogens is 2. The monoisotopic (exact) mass is 274 g/mol. The van der Waals surface area contributed by atoms with Gasteiger partial charge in [0.05, 0.1) is 25.5 Å². The summed E-state index contributed by atoms with van der Waals surface area (Å²) in [5.74, 6) is 0.281. The highest BCUT2D eigenvalue weighted by Gasteiger charge is 2.17. The van der Waals surface area contributed by atoms with Crippen LogP contribution in [0.1, 0.15) is 27.0 Å². The van der Waals surface area contributed by atoms with Crippen LogP contribution in [0.4, 0.5) is 0 Å². The third-order valence-electron chi connectivity index (χ3n) is 3.40. The molecule has 0 aliphatic carbocycles. The number of aromatic amines is 1. The fourth-order valence-corrected chi connectivity index (χ4v) is 2.28. The van der Waals surface area contributed by atoms with E-state index in [0.717, 1.165) is 27.9 Å². The number of methoxy groups -OCH3 is 2. The summed E-state index contributed by atoms with van der Waals surface area (Å²) in [6.07, 6.45) is 0. The summed E-state index contributed by atoms with van der Waals surface area (Å²) in [5.41, 5.74) is 5.08. The average molecular weight is 274 g/mol. The third-order valence-corrected chi connectivity index (χ3v) is 3.40. The minimum absolute atomic E-state index is 0.344. The number of hydrogen-bond donors (Lipinski definition) is 1. The Labute approximate surface area is 117 Å². The molecular formula is C15H18N2O3. The van der Waals surface area contributed by atoms with E-state index in [1.54, 1.807) is 7.11 Å². The van der Waals surface area contributed by atoms with Crippen LogP contribution in [0.2, 0.25) is 0 Å². The van der Waals surface area contributed by atoms with Crippen molar-refractivity contribution >= 4 is 5.97 Å². The van der Waals surface area contributed by atoms with E-state index >= 15 is 0 Å². The van der Waals surface area contributed by atoms with E-state index in [2.05, 4.69) is 10.2 Å². The summed E-state index contributed by atoms with van der Waals surface area (Å²) in [6, 6.07) is 3.78. The largest absolute Gasteiger partial charge is 0.481 e. The first-order valence-electron chi connectivity index (χ1n) is 6.28. The molecular weight excluding hydrogens is 256 g/mol. The molecule has 5 nitrogen and oxygen atoms in total. The second-order valence-electron chi connectivity index (χ2n) is 4.70. The van der Waals surface area contributed by atoms with Crippen molar-refractivity contribution in [2.45, 2.75) is 20.8 Å². The van der Waals surface area contributed by atoms with Gasteiger partial charge >= 0.3 is 5.97 Å². The lowest BCUT2D eigenvalue weighted by molar-refractivity contribution is 0.0600. The van der Waals surface area contributed by atoms with Crippen molar-refractivity contribution in [2.75, 3.05) is 14.2 Å². The van der Waals surface area contributed by atoms with Gasteiger partial charge in [0.2, 0.25) is 5.88 Å². The molecule has 1 heterocycles. The van der Waals surface area contributed by atoms with Gasteiger partial charge in [-0.1, -0.05) is 6.07 Å². The van der Waals surface area contributed by atoms with Gasteiger partial charge in [-0.25, -0.2) is 9.89 Å². The summed E-state index contributed by atoms with van der Waals surface area (Å²) < 4.78 is 10.0. The molecule has 0 saturated carbocycles. The quantitative estimate of drug-likeness (QED) is 0.874. The first kappa shape index (κ1) is 14.1. The lowest BCUT2D eigenvalue weighted by atomic mass is 9.96. The molecule has 5 heteroatoms. The molecule has 0 spiro atoms. The SMILES string of the molecule is COC(=O)c1cc(-c2n[nH]c(OC)c2C)c(C)cc1C. The Morgan fingerprint density at radius 1 is 1.15 bits per heavy atom. The Kier molecular flexibility index (Phi) is 3.79. The predicted octanol–water partition coefficient (Wildman–Crippen LogP) is 2.80. The van der Waals surface area contributed by atoms with Crippen molar-refractivity contribution in [3.63, 3.8) is 0 Å². The van der Waals surface area contributed by atoms with Gasteiger partial charge < -0.3 is 9.47 Å². The Morgan fingerprint density at radius 3 is 2.40 bits per heavy atom. The molecule has 0 saturated heterocycles. The van der Waals surface area contributed by atoms with Crippen LogP contribution >= 0.6 is 0 Å². The normalized spacial score (nSPS) is 10.4. The van der Waals surface area contributed by atoms with Crippen LogP contribution in [0.5, 0.6) is 5.88 Å². The zero-order chi connectivity index (χ0) is 14.9. The topological polar surface area (TPSA) is 64.2 Å². The van der Waals surface area contributed by atoms with Gasteiger partial charge in [-0.15, -0.1) is 0 Å². The van der Waals surface area contributed by atoms with E-state index in [9.17, 15) is 4.79 Å². The van der Waals surface area contributed by atoms with E-state index in [4.69, 9.17) is 9.47 Å². The highest BCUT2D eigenvalue weighted by molar-refractivity contribution is 5.93. The number of ether oxygens (including phenoxy) is 2. The molecule has 0 bridgehead atoms. The molecule has 0 fully saturated rings. The highest BCUT2D eigenvalue weighted by atomic mass is 16.5. The molecule has 0 aliphatic rings. The summed E-state index contributed by atoms with van der Waals surface area (Å²) >= 11 is 0. The first-order valence-corrected chi connectivity index (χ1v) is 6.28. The first-order chi connectivity index (χ1) is 9.49. The number of H-pyrrole nitrogens is 1. The van der Waals surface area contributed by atoms with Crippen LogP contribution in [0, 0.1) is 20.8 Å². The lowest BCUT2D eigenvalue weighted by Gasteiger charge is -2.10. The van der Waals surface area contributed by atoms with E-state index in [1.165, 1.54) is 7.11 Å². The Morgan fingerprint density at radius 2 is 1.85 bits per heavy atom. The number of nitrogens with zero attached hydrogens (tertiary/aromatic N) is 1. The van der Waals surface area contributed by atoms with Crippen molar-refractivity contribution in [3.05, 3.63) is 34.4 Å². The number of rotatable bonds is 3. The Balaban J connectivity index is 2.61. The van der Waals surface area contributed by atoms with Crippen LogP contribution in [0.15, 0.2) is 12.1 Å². The molecule has 0 aliphatic heterocycles. The number of esters is 1. The van der Waals surface area contributed by atoms with Crippen LogP contribution in [-0.2, 0) is 4.74 Å². The summed E-state index contributed by atoms with van der Waals surface area (Å²) in [7, 11) is 2.97. The molecule has 1 N–H and O–H groups in total. The predicted molar refractivity (Wildman–Crippen MR) is 76.1 cm³/mol. The minimum Gasteiger partial charge on any atom is -0.481 e. The van der Waals surface area contributed by atoms with Crippen LogP contribution in [-0.4, -0.2) is 30.4 Å². The molecule has 0 unspecified atom stereocenters. The maximum absolute atomic E-state index is 11.8. The second-order valence-corrected chi connectivity index (χ2v) is 4.70. The number of carbonyl (C=O) groups is 1. The maximum Gasteiger partial charge on any atom is 0.338 e. The fraction of sp³-hybridized carbons (Fsp3) is 0.333. The van der Waals surface area contributed by atoms with Crippen molar-refractivity contribution in [1.29, 1.82) is 0 Å². The summed E-state index contributed by atoms with van der Waals surface area (Å²) in [6.45, 7) is 5.81. The minimum atomic E-state index is -0.344. The van der Waals surface area contributed by atoms with Crippen molar-refractivity contribution in [3.8, 4) is 17.1 Å². The van der Waals surface area contributed by atoms with Gasteiger partial charge in [0.25, 0.3) is 0 Å². The Hall–Kier alpha value is -2.30. The van der Waals surface area contributed by atoms with Crippen LogP contribution in [0.3, 0.4) is 0 Å². The van der Waals surface area contributed by atoms with E-state index in [1.807, 2.05) is 32.9 Å².